The Labute approximate surface area is 275 Å². The van der Waals surface area contributed by atoms with Gasteiger partial charge in [-0.15, -0.1) is 0 Å². The second-order valence-corrected chi connectivity index (χ2v) is 12.5. The van der Waals surface area contributed by atoms with Gasteiger partial charge < -0.3 is 9.80 Å². The first-order chi connectivity index (χ1) is 22.5. The van der Waals surface area contributed by atoms with Crippen molar-refractivity contribution < 1.29 is 0 Å². The SMILES string of the molecule is Cc1cc(N(Cc2ccccc2)Cc2ccccc2)ccc1C(C)c1ccc(N(Cc2ccccc2)Cc2ccccc2)cc1C. The molecule has 0 N–H and O–H groups in total. The van der Waals surface area contributed by atoms with Gasteiger partial charge in [0, 0.05) is 43.5 Å². The zero-order chi connectivity index (χ0) is 31.7. The van der Waals surface area contributed by atoms with Crippen LogP contribution in [0.4, 0.5) is 11.4 Å². The van der Waals surface area contributed by atoms with E-state index in [0.717, 1.165) is 26.2 Å². The highest BCUT2D eigenvalue weighted by Crippen LogP contribution is 2.34. The van der Waals surface area contributed by atoms with E-state index < -0.39 is 0 Å². The number of anilines is 2. The lowest BCUT2D eigenvalue weighted by Crippen LogP contribution is -2.22. The summed E-state index contributed by atoms with van der Waals surface area (Å²) in [5.41, 5.74) is 13.2. The molecule has 0 aliphatic heterocycles. The molecule has 0 heterocycles. The van der Waals surface area contributed by atoms with E-state index in [0.29, 0.717) is 0 Å². The molecule has 0 saturated heterocycles. The van der Waals surface area contributed by atoms with Gasteiger partial charge in [-0.1, -0.05) is 140 Å². The second kappa shape index (κ2) is 14.8. The molecule has 0 spiro atoms. The number of benzene rings is 6. The fourth-order valence-corrected chi connectivity index (χ4v) is 6.54. The zero-order valence-corrected chi connectivity index (χ0v) is 27.3. The Morgan fingerprint density at radius 2 is 0.674 bits per heavy atom. The summed E-state index contributed by atoms with van der Waals surface area (Å²) in [5.74, 6) is 0.288. The minimum atomic E-state index is 0.288. The minimum absolute atomic E-state index is 0.288. The summed E-state index contributed by atoms with van der Waals surface area (Å²) in [7, 11) is 0. The Hall–Kier alpha value is -5.08. The van der Waals surface area contributed by atoms with Gasteiger partial charge in [0.05, 0.1) is 0 Å². The first kappa shape index (κ1) is 30.9. The quantitative estimate of drug-likeness (QED) is 0.138. The molecule has 0 amide bonds. The summed E-state index contributed by atoms with van der Waals surface area (Å²) in [6.45, 7) is 10.4. The maximum absolute atomic E-state index is 2.49. The van der Waals surface area contributed by atoms with Gasteiger partial charge in [-0.2, -0.15) is 0 Å². The first-order valence-electron chi connectivity index (χ1n) is 16.4. The van der Waals surface area contributed by atoms with Crippen molar-refractivity contribution in [3.8, 4) is 0 Å². The number of hydrogen-bond acceptors (Lipinski definition) is 2. The molecule has 0 saturated carbocycles. The Morgan fingerprint density at radius 1 is 0.391 bits per heavy atom. The highest BCUT2D eigenvalue weighted by atomic mass is 15.1. The summed E-state index contributed by atoms with van der Waals surface area (Å²) in [6.07, 6.45) is 0. The lowest BCUT2D eigenvalue weighted by Gasteiger charge is -2.28. The van der Waals surface area contributed by atoms with Crippen molar-refractivity contribution in [3.63, 3.8) is 0 Å². The van der Waals surface area contributed by atoms with Gasteiger partial charge in [0.1, 0.15) is 0 Å². The van der Waals surface area contributed by atoms with E-state index in [-0.39, 0.29) is 5.92 Å². The van der Waals surface area contributed by atoms with Gasteiger partial charge in [0.25, 0.3) is 0 Å². The van der Waals surface area contributed by atoms with Crippen LogP contribution in [0, 0.1) is 13.8 Å². The maximum Gasteiger partial charge on any atom is 0.0433 e. The van der Waals surface area contributed by atoms with E-state index in [1.54, 1.807) is 0 Å². The number of hydrogen-bond donors (Lipinski definition) is 0. The Bertz CT molecular complexity index is 1600. The van der Waals surface area contributed by atoms with E-state index in [2.05, 4.69) is 188 Å². The van der Waals surface area contributed by atoms with Crippen LogP contribution in [0.2, 0.25) is 0 Å². The normalized spacial score (nSPS) is 11.0. The van der Waals surface area contributed by atoms with E-state index in [1.807, 2.05) is 0 Å². The van der Waals surface area contributed by atoms with Crippen LogP contribution in [0.25, 0.3) is 0 Å². The third kappa shape index (κ3) is 7.76. The molecule has 230 valence electrons. The van der Waals surface area contributed by atoms with Crippen molar-refractivity contribution in [2.45, 2.75) is 52.9 Å². The smallest absolute Gasteiger partial charge is 0.0433 e. The second-order valence-electron chi connectivity index (χ2n) is 12.5. The van der Waals surface area contributed by atoms with E-state index >= 15 is 0 Å². The number of nitrogens with zero attached hydrogens (tertiary/aromatic N) is 2. The van der Waals surface area contributed by atoms with Gasteiger partial charge in [-0.25, -0.2) is 0 Å². The summed E-state index contributed by atoms with van der Waals surface area (Å²) in [5, 5.41) is 0. The fourth-order valence-electron chi connectivity index (χ4n) is 6.54. The average Bonchev–Trinajstić information content (AvgIpc) is 3.09. The molecule has 0 aliphatic rings. The molecule has 0 aliphatic carbocycles. The van der Waals surface area contributed by atoms with Crippen LogP contribution in [0.1, 0.15) is 57.3 Å². The van der Waals surface area contributed by atoms with E-state index in [9.17, 15) is 0 Å². The van der Waals surface area contributed by atoms with Gasteiger partial charge >= 0.3 is 0 Å². The largest absolute Gasteiger partial charge is 0.363 e. The predicted octanol–water partition coefficient (Wildman–Crippen LogP) is 10.9. The van der Waals surface area contributed by atoms with Crippen molar-refractivity contribution in [1.29, 1.82) is 0 Å². The Kier molecular flexibility index (Phi) is 9.95. The van der Waals surface area contributed by atoms with Crippen LogP contribution in [0.3, 0.4) is 0 Å². The molecule has 0 fully saturated rings. The summed E-state index contributed by atoms with van der Waals surface area (Å²) in [4.78, 5) is 4.97. The summed E-state index contributed by atoms with van der Waals surface area (Å²) in [6, 6.07) is 57.2. The van der Waals surface area contributed by atoms with Crippen molar-refractivity contribution in [3.05, 3.63) is 202 Å². The predicted molar refractivity (Wildman–Crippen MR) is 195 cm³/mol. The topological polar surface area (TPSA) is 6.48 Å². The van der Waals surface area contributed by atoms with Crippen molar-refractivity contribution in [1.82, 2.24) is 0 Å². The third-order valence-electron chi connectivity index (χ3n) is 9.04. The molecule has 2 heteroatoms. The third-order valence-corrected chi connectivity index (χ3v) is 9.04. The van der Waals surface area contributed by atoms with Crippen LogP contribution in [0.5, 0.6) is 0 Å². The van der Waals surface area contributed by atoms with Gasteiger partial charge in [-0.05, 0) is 82.6 Å². The molecule has 6 rings (SSSR count). The molecule has 6 aromatic carbocycles. The zero-order valence-electron chi connectivity index (χ0n) is 27.3. The lowest BCUT2D eigenvalue weighted by molar-refractivity contribution is 0.795. The van der Waals surface area contributed by atoms with E-state index in [1.165, 1.54) is 55.9 Å². The molecular formula is C44H44N2. The molecule has 0 radical (unpaired) electrons. The van der Waals surface area contributed by atoms with Crippen LogP contribution in [-0.2, 0) is 26.2 Å². The standard InChI is InChI=1S/C44H44N2/c1-34-28-41(45(30-37-16-8-4-9-17-37)31-38-18-10-5-11-19-38)24-26-43(34)36(3)44-27-25-42(29-35(44)2)46(32-39-20-12-6-13-21-39)33-40-22-14-7-15-23-40/h4-29,36H,30-33H2,1-3H3. The summed E-state index contributed by atoms with van der Waals surface area (Å²) < 4.78 is 0. The molecular weight excluding hydrogens is 556 g/mol. The van der Waals surface area contributed by atoms with Crippen LogP contribution >= 0.6 is 0 Å². The summed E-state index contributed by atoms with van der Waals surface area (Å²) >= 11 is 0. The van der Waals surface area contributed by atoms with Crippen molar-refractivity contribution >= 4 is 11.4 Å². The molecule has 46 heavy (non-hydrogen) atoms. The van der Waals surface area contributed by atoms with Crippen molar-refractivity contribution in [2.75, 3.05) is 9.80 Å². The number of rotatable bonds is 12. The Balaban J connectivity index is 1.25. The molecule has 0 unspecified atom stereocenters. The van der Waals surface area contributed by atoms with Gasteiger partial charge in [0.2, 0.25) is 0 Å². The molecule has 6 aromatic rings. The highest BCUT2D eigenvalue weighted by molar-refractivity contribution is 5.57. The van der Waals surface area contributed by atoms with Crippen LogP contribution in [-0.4, -0.2) is 0 Å². The van der Waals surface area contributed by atoms with Crippen LogP contribution in [0.15, 0.2) is 158 Å². The first-order valence-corrected chi connectivity index (χ1v) is 16.4. The minimum Gasteiger partial charge on any atom is -0.363 e. The van der Waals surface area contributed by atoms with Crippen LogP contribution < -0.4 is 9.80 Å². The maximum atomic E-state index is 2.49. The Morgan fingerprint density at radius 3 is 0.935 bits per heavy atom. The average molecular weight is 601 g/mol. The molecule has 0 aromatic heterocycles. The fraction of sp³-hybridized carbons (Fsp3) is 0.182. The highest BCUT2D eigenvalue weighted by Gasteiger charge is 2.18. The lowest BCUT2D eigenvalue weighted by atomic mass is 9.87. The van der Waals surface area contributed by atoms with E-state index in [4.69, 9.17) is 0 Å². The molecule has 0 bridgehead atoms. The van der Waals surface area contributed by atoms with Gasteiger partial charge in [0.15, 0.2) is 0 Å². The molecule has 0 atom stereocenters. The van der Waals surface area contributed by atoms with Gasteiger partial charge in [-0.3, -0.25) is 0 Å². The number of aryl methyl sites for hydroxylation is 2. The van der Waals surface area contributed by atoms with Crippen molar-refractivity contribution in [2.24, 2.45) is 0 Å². The molecule has 2 nitrogen and oxygen atoms in total. The monoisotopic (exact) mass is 600 g/mol.